The van der Waals surface area contributed by atoms with E-state index in [1.54, 1.807) is 0 Å². The van der Waals surface area contributed by atoms with Crippen molar-refractivity contribution in [2.24, 2.45) is 5.92 Å². The second-order valence-corrected chi connectivity index (χ2v) is 7.96. The van der Waals surface area contributed by atoms with E-state index in [1.165, 1.54) is 30.5 Å². The standard InChI is InChI=1S/C24H26N4O/c1-2-7-20(8-3-1)29-17-18-6-5-15-28(16-18)24-21-9-4-10-22(21)26-23(27-24)19-11-13-25-14-12-19/h1-3,7-8,11-14,18H,4-6,9-10,15-17H2. The minimum Gasteiger partial charge on any atom is -0.493 e. The molecule has 3 aromatic rings. The average molecular weight is 386 g/mol. The number of anilines is 1. The molecule has 1 aromatic carbocycles. The second-order valence-electron chi connectivity index (χ2n) is 7.96. The quantitative estimate of drug-likeness (QED) is 0.653. The summed E-state index contributed by atoms with van der Waals surface area (Å²) in [6.07, 6.45) is 9.30. The van der Waals surface area contributed by atoms with E-state index in [0.29, 0.717) is 5.92 Å². The van der Waals surface area contributed by atoms with Crippen molar-refractivity contribution in [2.45, 2.75) is 32.1 Å². The Morgan fingerprint density at radius 2 is 1.83 bits per heavy atom. The number of piperidine rings is 1. The first-order chi connectivity index (χ1) is 14.4. The summed E-state index contributed by atoms with van der Waals surface area (Å²) in [6, 6.07) is 14.1. The van der Waals surface area contributed by atoms with E-state index in [-0.39, 0.29) is 0 Å². The molecule has 0 N–H and O–H groups in total. The molecule has 1 saturated heterocycles. The Morgan fingerprint density at radius 3 is 2.69 bits per heavy atom. The Labute approximate surface area is 171 Å². The van der Waals surface area contributed by atoms with Crippen LogP contribution in [0.4, 0.5) is 5.82 Å². The summed E-state index contributed by atoms with van der Waals surface area (Å²) in [5.41, 5.74) is 3.62. The van der Waals surface area contributed by atoms with Crippen LogP contribution in [0.1, 0.15) is 30.5 Å². The van der Waals surface area contributed by atoms with Crippen LogP contribution in [0.15, 0.2) is 54.9 Å². The molecule has 5 nitrogen and oxygen atoms in total. The number of rotatable bonds is 5. The monoisotopic (exact) mass is 386 g/mol. The molecule has 1 aliphatic carbocycles. The fourth-order valence-corrected chi connectivity index (χ4v) is 4.43. The van der Waals surface area contributed by atoms with E-state index in [0.717, 1.165) is 55.5 Å². The summed E-state index contributed by atoms with van der Waals surface area (Å²) >= 11 is 0. The summed E-state index contributed by atoms with van der Waals surface area (Å²) in [4.78, 5) is 16.5. The molecule has 2 aromatic heterocycles. The van der Waals surface area contributed by atoms with Gasteiger partial charge in [0.1, 0.15) is 11.6 Å². The third kappa shape index (κ3) is 3.95. The van der Waals surface area contributed by atoms with Gasteiger partial charge in [-0.3, -0.25) is 4.98 Å². The lowest BCUT2D eigenvalue weighted by atomic mass is 9.98. The first-order valence-corrected chi connectivity index (χ1v) is 10.6. The van der Waals surface area contributed by atoms with Crippen molar-refractivity contribution < 1.29 is 4.74 Å². The molecule has 1 atom stereocenters. The maximum absolute atomic E-state index is 6.05. The highest BCUT2D eigenvalue weighted by molar-refractivity contribution is 5.61. The Hall–Kier alpha value is -2.95. The number of nitrogens with zero attached hydrogens (tertiary/aromatic N) is 4. The van der Waals surface area contributed by atoms with Gasteiger partial charge in [-0.1, -0.05) is 18.2 Å². The number of pyridine rings is 1. The molecule has 0 radical (unpaired) electrons. The number of hydrogen-bond donors (Lipinski definition) is 0. The van der Waals surface area contributed by atoms with Gasteiger partial charge in [-0.05, 0) is 56.4 Å². The van der Waals surface area contributed by atoms with Gasteiger partial charge in [-0.15, -0.1) is 0 Å². The topological polar surface area (TPSA) is 51.1 Å². The van der Waals surface area contributed by atoms with Crippen LogP contribution in [0.5, 0.6) is 5.75 Å². The Morgan fingerprint density at radius 1 is 0.966 bits per heavy atom. The molecule has 1 unspecified atom stereocenters. The van der Waals surface area contributed by atoms with Gasteiger partial charge in [0.05, 0.1) is 6.61 Å². The highest BCUT2D eigenvalue weighted by Crippen LogP contribution is 2.33. The molecule has 0 bridgehead atoms. The van der Waals surface area contributed by atoms with Gasteiger partial charge in [-0.25, -0.2) is 9.97 Å². The Kier molecular flexibility index (Phi) is 5.11. The van der Waals surface area contributed by atoms with Crippen LogP contribution in [-0.4, -0.2) is 34.6 Å². The molecule has 0 spiro atoms. The second kappa shape index (κ2) is 8.19. The van der Waals surface area contributed by atoms with Crippen molar-refractivity contribution in [1.29, 1.82) is 0 Å². The molecule has 3 heterocycles. The fourth-order valence-electron chi connectivity index (χ4n) is 4.43. The first-order valence-electron chi connectivity index (χ1n) is 10.6. The van der Waals surface area contributed by atoms with Crippen LogP contribution in [0.3, 0.4) is 0 Å². The molecule has 5 rings (SSSR count). The van der Waals surface area contributed by atoms with Gasteiger partial charge in [0, 0.05) is 48.2 Å². The number of ether oxygens (including phenoxy) is 1. The molecule has 2 aliphatic rings. The summed E-state index contributed by atoms with van der Waals surface area (Å²) in [5, 5.41) is 0. The average Bonchev–Trinajstić information content (AvgIpc) is 3.27. The number of para-hydroxylation sites is 1. The highest BCUT2D eigenvalue weighted by Gasteiger charge is 2.27. The summed E-state index contributed by atoms with van der Waals surface area (Å²) in [6.45, 7) is 2.80. The lowest BCUT2D eigenvalue weighted by Crippen LogP contribution is -2.39. The predicted molar refractivity (Wildman–Crippen MR) is 114 cm³/mol. The molecule has 29 heavy (non-hydrogen) atoms. The van der Waals surface area contributed by atoms with Gasteiger partial charge in [0.2, 0.25) is 0 Å². The van der Waals surface area contributed by atoms with Gasteiger partial charge in [-0.2, -0.15) is 0 Å². The number of fused-ring (bicyclic) bond motifs is 1. The van der Waals surface area contributed by atoms with Crippen LogP contribution in [0.2, 0.25) is 0 Å². The third-order valence-electron chi connectivity index (χ3n) is 5.90. The fraction of sp³-hybridized carbons (Fsp3) is 0.375. The van der Waals surface area contributed by atoms with Crippen LogP contribution in [-0.2, 0) is 12.8 Å². The smallest absolute Gasteiger partial charge is 0.161 e. The van der Waals surface area contributed by atoms with Crippen molar-refractivity contribution in [3.05, 3.63) is 66.1 Å². The Balaban J connectivity index is 1.37. The highest BCUT2D eigenvalue weighted by atomic mass is 16.5. The van der Waals surface area contributed by atoms with Gasteiger partial charge >= 0.3 is 0 Å². The largest absolute Gasteiger partial charge is 0.493 e. The van der Waals surface area contributed by atoms with Gasteiger partial charge in [0.15, 0.2) is 5.82 Å². The summed E-state index contributed by atoms with van der Waals surface area (Å²) < 4.78 is 6.05. The van der Waals surface area contributed by atoms with E-state index in [2.05, 4.69) is 9.88 Å². The van der Waals surface area contributed by atoms with Crippen molar-refractivity contribution in [2.75, 3.05) is 24.6 Å². The third-order valence-corrected chi connectivity index (χ3v) is 5.90. The molecular weight excluding hydrogens is 360 g/mol. The number of hydrogen-bond acceptors (Lipinski definition) is 5. The molecule has 5 heteroatoms. The number of aryl methyl sites for hydroxylation is 1. The zero-order chi connectivity index (χ0) is 19.5. The molecule has 0 amide bonds. The molecule has 1 aliphatic heterocycles. The predicted octanol–water partition coefficient (Wildman–Crippen LogP) is 4.32. The number of benzene rings is 1. The van der Waals surface area contributed by atoms with Gasteiger partial charge in [0.25, 0.3) is 0 Å². The number of aromatic nitrogens is 3. The molecule has 1 fully saturated rings. The van der Waals surface area contributed by atoms with Crippen molar-refractivity contribution in [1.82, 2.24) is 15.0 Å². The van der Waals surface area contributed by atoms with Crippen LogP contribution in [0, 0.1) is 5.92 Å². The van der Waals surface area contributed by atoms with Gasteiger partial charge < -0.3 is 9.64 Å². The maximum Gasteiger partial charge on any atom is 0.161 e. The lowest BCUT2D eigenvalue weighted by Gasteiger charge is -2.34. The van der Waals surface area contributed by atoms with Crippen LogP contribution >= 0.6 is 0 Å². The zero-order valence-electron chi connectivity index (χ0n) is 16.6. The first kappa shape index (κ1) is 18.1. The normalized spacial score (nSPS) is 18.5. The lowest BCUT2D eigenvalue weighted by molar-refractivity contribution is 0.228. The summed E-state index contributed by atoms with van der Waals surface area (Å²) in [5.74, 6) is 3.43. The molecule has 148 valence electrons. The van der Waals surface area contributed by atoms with Crippen LogP contribution < -0.4 is 9.64 Å². The van der Waals surface area contributed by atoms with E-state index in [1.807, 2.05) is 54.9 Å². The van der Waals surface area contributed by atoms with Crippen LogP contribution in [0.25, 0.3) is 11.4 Å². The van der Waals surface area contributed by atoms with E-state index in [4.69, 9.17) is 14.7 Å². The van der Waals surface area contributed by atoms with Crippen molar-refractivity contribution >= 4 is 5.82 Å². The maximum atomic E-state index is 6.05. The van der Waals surface area contributed by atoms with Crippen molar-refractivity contribution in [3.63, 3.8) is 0 Å². The van der Waals surface area contributed by atoms with E-state index >= 15 is 0 Å². The molecule has 0 saturated carbocycles. The minimum absolute atomic E-state index is 0.514. The summed E-state index contributed by atoms with van der Waals surface area (Å²) in [7, 11) is 0. The Bertz CT molecular complexity index is 961. The van der Waals surface area contributed by atoms with E-state index in [9.17, 15) is 0 Å². The SMILES string of the molecule is c1ccc(OCC2CCCN(c3nc(-c4ccncc4)nc4c3CCC4)C2)cc1. The molecular formula is C24H26N4O. The van der Waals surface area contributed by atoms with E-state index < -0.39 is 0 Å². The van der Waals surface area contributed by atoms with Crippen molar-refractivity contribution in [3.8, 4) is 17.1 Å². The minimum atomic E-state index is 0.514. The zero-order valence-corrected chi connectivity index (χ0v) is 16.6.